The molecule has 2 rings (SSSR count). The van der Waals surface area contributed by atoms with Crippen molar-refractivity contribution >= 4 is 18.1 Å². The SMILES string of the molecule is C=CC(=O)OC(C=Cc1ccccc1)(C=Cc1ccccc1)C(C)C. The molecule has 25 heavy (non-hydrogen) atoms. The summed E-state index contributed by atoms with van der Waals surface area (Å²) >= 11 is 0. The van der Waals surface area contributed by atoms with Gasteiger partial charge in [-0.3, -0.25) is 0 Å². The van der Waals surface area contributed by atoms with Crippen LogP contribution in [0, 0.1) is 5.92 Å². The predicted octanol–water partition coefficient (Wildman–Crippen LogP) is 5.54. The Kier molecular flexibility index (Phi) is 6.53. The van der Waals surface area contributed by atoms with Gasteiger partial charge in [-0.2, -0.15) is 0 Å². The van der Waals surface area contributed by atoms with Gasteiger partial charge in [0.25, 0.3) is 0 Å². The Bertz CT molecular complexity index is 691. The lowest BCUT2D eigenvalue weighted by Gasteiger charge is -2.31. The number of hydrogen-bond donors (Lipinski definition) is 0. The molecule has 0 amide bonds. The molecule has 0 radical (unpaired) electrons. The normalized spacial score (nSPS) is 13.9. The molecule has 0 spiro atoms. The number of carbonyl (C=O) groups excluding carboxylic acids is 1. The van der Waals surface area contributed by atoms with Gasteiger partial charge in [-0.25, -0.2) is 4.79 Å². The molecule has 2 aromatic carbocycles. The highest BCUT2D eigenvalue weighted by Gasteiger charge is 2.32. The number of rotatable bonds is 7. The summed E-state index contributed by atoms with van der Waals surface area (Å²) in [5.74, 6) is -0.388. The molecule has 0 aliphatic carbocycles. The summed E-state index contributed by atoms with van der Waals surface area (Å²) in [5.41, 5.74) is 1.25. The van der Waals surface area contributed by atoms with E-state index in [4.69, 9.17) is 4.74 Å². The molecule has 2 aromatic rings. The molecule has 128 valence electrons. The van der Waals surface area contributed by atoms with Gasteiger partial charge in [0, 0.05) is 12.0 Å². The van der Waals surface area contributed by atoms with Crippen LogP contribution in [0.25, 0.3) is 12.2 Å². The van der Waals surface area contributed by atoms with E-state index in [9.17, 15) is 4.79 Å². The molecule has 0 aliphatic rings. The van der Waals surface area contributed by atoms with E-state index in [1.165, 1.54) is 6.08 Å². The maximum absolute atomic E-state index is 11.9. The maximum atomic E-state index is 11.9. The Morgan fingerprint density at radius 3 is 1.72 bits per heavy atom. The first-order valence-corrected chi connectivity index (χ1v) is 8.40. The molecular formula is C23H24O2. The summed E-state index contributed by atoms with van der Waals surface area (Å²) in [5, 5.41) is 0. The van der Waals surface area contributed by atoms with E-state index in [1.54, 1.807) is 0 Å². The summed E-state index contributed by atoms with van der Waals surface area (Å²) in [6, 6.07) is 19.9. The highest BCUT2D eigenvalue weighted by molar-refractivity contribution is 5.82. The monoisotopic (exact) mass is 332 g/mol. The van der Waals surface area contributed by atoms with Gasteiger partial charge in [-0.05, 0) is 23.3 Å². The van der Waals surface area contributed by atoms with Gasteiger partial charge in [0.05, 0.1) is 0 Å². The zero-order chi connectivity index (χ0) is 18.1. The van der Waals surface area contributed by atoms with Gasteiger partial charge in [-0.1, -0.05) is 93.2 Å². The maximum Gasteiger partial charge on any atom is 0.331 e. The van der Waals surface area contributed by atoms with Crippen LogP contribution in [0.5, 0.6) is 0 Å². The van der Waals surface area contributed by atoms with Gasteiger partial charge in [0.1, 0.15) is 0 Å². The van der Waals surface area contributed by atoms with Crippen LogP contribution in [0.3, 0.4) is 0 Å². The van der Waals surface area contributed by atoms with Gasteiger partial charge in [0.2, 0.25) is 0 Å². The fourth-order valence-corrected chi connectivity index (χ4v) is 2.42. The Hall–Kier alpha value is -2.87. The molecule has 0 N–H and O–H groups in total. The molecule has 0 saturated carbocycles. The van der Waals surface area contributed by atoms with Crippen LogP contribution in [-0.2, 0) is 9.53 Å². The Morgan fingerprint density at radius 2 is 1.36 bits per heavy atom. The van der Waals surface area contributed by atoms with Crippen molar-refractivity contribution < 1.29 is 9.53 Å². The van der Waals surface area contributed by atoms with Gasteiger partial charge >= 0.3 is 5.97 Å². The molecule has 0 saturated heterocycles. The minimum absolute atomic E-state index is 0.0522. The second kappa shape index (κ2) is 8.84. The van der Waals surface area contributed by atoms with Crippen LogP contribution in [0.1, 0.15) is 25.0 Å². The largest absolute Gasteiger partial charge is 0.447 e. The summed E-state index contributed by atoms with van der Waals surface area (Å²) < 4.78 is 5.76. The quantitative estimate of drug-likeness (QED) is 0.492. The first-order valence-electron chi connectivity index (χ1n) is 8.40. The van der Waals surface area contributed by atoms with Crippen molar-refractivity contribution in [2.24, 2.45) is 5.92 Å². The number of hydrogen-bond acceptors (Lipinski definition) is 2. The van der Waals surface area contributed by atoms with Crippen LogP contribution >= 0.6 is 0 Å². The van der Waals surface area contributed by atoms with E-state index in [0.29, 0.717) is 0 Å². The molecule has 0 aliphatic heterocycles. The van der Waals surface area contributed by atoms with Crippen molar-refractivity contribution in [1.82, 2.24) is 0 Å². The first kappa shape index (κ1) is 18.5. The minimum atomic E-state index is -0.850. The summed E-state index contributed by atoms with van der Waals surface area (Å²) in [4.78, 5) is 11.9. The molecular weight excluding hydrogens is 308 g/mol. The van der Waals surface area contributed by atoms with Crippen LogP contribution in [0.4, 0.5) is 0 Å². The Balaban J connectivity index is 2.40. The number of carbonyl (C=O) groups is 1. The van der Waals surface area contributed by atoms with Crippen molar-refractivity contribution in [2.75, 3.05) is 0 Å². The second-order valence-electron chi connectivity index (χ2n) is 6.12. The number of benzene rings is 2. The fourth-order valence-electron chi connectivity index (χ4n) is 2.42. The van der Waals surface area contributed by atoms with Crippen LogP contribution in [0.15, 0.2) is 85.5 Å². The van der Waals surface area contributed by atoms with Crippen LogP contribution in [0.2, 0.25) is 0 Å². The van der Waals surface area contributed by atoms with Gasteiger partial charge < -0.3 is 4.74 Å². The van der Waals surface area contributed by atoms with Crippen molar-refractivity contribution in [3.05, 3.63) is 96.6 Å². The van der Waals surface area contributed by atoms with Gasteiger partial charge in [0.15, 0.2) is 5.60 Å². The molecule has 0 fully saturated rings. The third kappa shape index (κ3) is 5.32. The molecule has 0 heterocycles. The Morgan fingerprint density at radius 1 is 0.920 bits per heavy atom. The highest BCUT2D eigenvalue weighted by atomic mass is 16.6. The average molecular weight is 332 g/mol. The third-order valence-electron chi connectivity index (χ3n) is 4.02. The lowest BCUT2D eigenvalue weighted by atomic mass is 9.87. The average Bonchev–Trinajstić information content (AvgIpc) is 2.65. The zero-order valence-corrected chi connectivity index (χ0v) is 14.8. The van der Waals surface area contributed by atoms with Crippen molar-refractivity contribution in [2.45, 2.75) is 19.4 Å². The Labute approximate surface area is 150 Å². The molecule has 0 unspecified atom stereocenters. The highest BCUT2D eigenvalue weighted by Crippen LogP contribution is 2.28. The van der Waals surface area contributed by atoms with Crippen LogP contribution < -0.4 is 0 Å². The van der Waals surface area contributed by atoms with E-state index < -0.39 is 11.6 Å². The molecule has 0 aromatic heterocycles. The summed E-state index contributed by atoms with van der Waals surface area (Å²) in [6.45, 7) is 7.58. The zero-order valence-electron chi connectivity index (χ0n) is 14.8. The first-order chi connectivity index (χ1) is 12.1. The van der Waals surface area contributed by atoms with E-state index in [2.05, 4.69) is 6.58 Å². The molecule has 2 heteroatoms. The molecule has 0 bridgehead atoms. The lowest BCUT2D eigenvalue weighted by Crippen LogP contribution is -2.36. The number of esters is 1. The number of ether oxygens (including phenoxy) is 1. The van der Waals surface area contributed by atoms with Crippen LogP contribution in [-0.4, -0.2) is 11.6 Å². The lowest BCUT2D eigenvalue weighted by molar-refractivity contribution is -0.148. The van der Waals surface area contributed by atoms with Crippen molar-refractivity contribution in [3.63, 3.8) is 0 Å². The summed E-state index contributed by atoms with van der Waals surface area (Å²) in [7, 11) is 0. The standard InChI is InChI=1S/C23H24O2/c1-4-22(24)25-23(19(2)3,17-15-20-11-7-5-8-12-20)18-16-21-13-9-6-10-14-21/h4-19H,1H2,2-3H3. The van der Waals surface area contributed by atoms with E-state index >= 15 is 0 Å². The van der Waals surface area contributed by atoms with E-state index in [1.807, 2.05) is 98.8 Å². The van der Waals surface area contributed by atoms with E-state index in [0.717, 1.165) is 11.1 Å². The third-order valence-corrected chi connectivity index (χ3v) is 4.02. The minimum Gasteiger partial charge on any atom is -0.447 e. The molecule has 0 atom stereocenters. The topological polar surface area (TPSA) is 26.3 Å². The summed E-state index contributed by atoms with van der Waals surface area (Å²) in [6.07, 6.45) is 9.03. The predicted molar refractivity (Wildman–Crippen MR) is 105 cm³/mol. The van der Waals surface area contributed by atoms with Crippen molar-refractivity contribution in [1.29, 1.82) is 0 Å². The van der Waals surface area contributed by atoms with Crippen molar-refractivity contribution in [3.8, 4) is 0 Å². The second-order valence-corrected chi connectivity index (χ2v) is 6.12. The fraction of sp³-hybridized carbons (Fsp3) is 0.174. The van der Waals surface area contributed by atoms with Gasteiger partial charge in [-0.15, -0.1) is 0 Å². The smallest absolute Gasteiger partial charge is 0.331 e. The van der Waals surface area contributed by atoms with E-state index in [-0.39, 0.29) is 5.92 Å². The molecule has 2 nitrogen and oxygen atoms in total.